The zero-order valence-electron chi connectivity index (χ0n) is 7.33. The summed E-state index contributed by atoms with van der Waals surface area (Å²) in [7, 11) is 1.69. The van der Waals surface area contributed by atoms with Crippen LogP contribution < -0.4 is 10.6 Å². The number of aliphatic hydroxyl groups excluding tert-OH is 1. The molecule has 0 aliphatic rings. The molecule has 3 nitrogen and oxygen atoms in total. The first-order valence-corrected chi connectivity index (χ1v) is 3.91. The maximum atomic E-state index is 9.16. The van der Waals surface area contributed by atoms with E-state index >= 15 is 0 Å². The third kappa shape index (κ3) is 2.53. The van der Waals surface area contributed by atoms with Gasteiger partial charge in [0.1, 0.15) is 0 Å². The van der Waals surface area contributed by atoms with Gasteiger partial charge in [-0.2, -0.15) is 0 Å². The van der Waals surface area contributed by atoms with E-state index in [0.717, 1.165) is 5.69 Å². The van der Waals surface area contributed by atoms with Crippen molar-refractivity contribution in [1.82, 2.24) is 5.32 Å². The summed E-state index contributed by atoms with van der Waals surface area (Å²) in [6.45, 7) is 2.03. The maximum absolute atomic E-state index is 9.16. The molecule has 12 heavy (non-hydrogen) atoms. The van der Waals surface area contributed by atoms with Crippen molar-refractivity contribution in [2.24, 2.45) is 0 Å². The second-order valence-electron chi connectivity index (χ2n) is 2.70. The predicted octanol–water partition coefficient (Wildman–Crippen LogP) is 0.902. The fourth-order valence-corrected chi connectivity index (χ4v) is 0.880. The van der Waals surface area contributed by atoms with Crippen LogP contribution in [0.1, 0.15) is 5.56 Å². The zero-order chi connectivity index (χ0) is 8.97. The minimum Gasteiger partial charge on any atom is -0.361 e. The summed E-state index contributed by atoms with van der Waals surface area (Å²) in [6.07, 6.45) is -0.687. The molecule has 0 aliphatic heterocycles. The van der Waals surface area contributed by atoms with Crippen LogP contribution in [0.15, 0.2) is 24.3 Å². The number of aliphatic hydroxyl groups is 1. The Labute approximate surface area is 72.4 Å². The van der Waals surface area contributed by atoms with Gasteiger partial charge in [0.25, 0.3) is 0 Å². The summed E-state index contributed by atoms with van der Waals surface area (Å²) in [5.74, 6) is 0. The molecule has 3 N–H and O–H groups in total. The van der Waals surface area contributed by atoms with E-state index in [1.54, 1.807) is 7.05 Å². The van der Waals surface area contributed by atoms with Crippen molar-refractivity contribution in [3.63, 3.8) is 0 Å². The van der Waals surface area contributed by atoms with Gasteiger partial charge in [-0.3, -0.25) is 5.32 Å². The Hall–Kier alpha value is -1.06. The van der Waals surface area contributed by atoms with Crippen LogP contribution in [-0.4, -0.2) is 18.5 Å². The molecule has 0 saturated heterocycles. The quantitative estimate of drug-likeness (QED) is 0.585. The highest BCUT2D eigenvalue weighted by Crippen LogP contribution is 2.08. The Bertz CT molecular complexity index is 233. The molecular formula is C9H14N2O. The molecule has 1 aromatic rings. The Kier molecular flexibility index (Phi) is 3.08. The minimum absolute atomic E-state index is 0.687. The summed E-state index contributed by atoms with van der Waals surface area (Å²) in [5.41, 5.74) is 2.11. The van der Waals surface area contributed by atoms with Gasteiger partial charge in [0.05, 0.1) is 0 Å². The summed E-state index contributed by atoms with van der Waals surface area (Å²) < 4.78 is 0. The van der Waals surface area contributed by atoms with Crippen LogP contribution in [0.4, 0.5) is 5.69 Å². The number of rotatable bonds is 3. The van der Waals surface area contributed by atoms with Crippen molar-refractivity contribution in [2.75, 3.05) is 12.4 Å². The van der Waals surface area contributed by atoms with Crippen molar-refractivity contribution in [3.05, 3.63) is 29.8 Å². The number of hydrogen-bond acceptors (Lipinski definition) is 3. The fourth-order valence-electron chi connectivity index (χ4n) is 0.880. The predicted molar refractivity (Wildman–Crippen MR) is 49.9 cm³/mol. The largest absolute Gasteiger partial charge is 0.361 e. The van der Waals surface area contributed by atoms with Gasteiger partial charge in [-0.25, -0.2) is 0 Å². The highest BCUT2D eigenvalue weighted by atomic mass is 16.3. The first-order valence-electron chi connectivity index (χ1n) is 3.91. The lowest BCUT2D eigenvalue weighted by molar-refractivity contribution is 0.176. The van der Waals surface area contributed by atoms with Crippen LogP contribution >= 0.6 is 0 Å². The monoisotopic (exact) mass is 166 g/mol. The van der Waals surface area contributed by atoms with Crippen LogP contribution in [0.25, 0.3) is 0 Å². The molecule has 0 fully saturated rings. The van der Waals surface area contributed by atoms with Gasteiger partial charge in [-0.15, -0.1) is 0 Å². The van der Waals surface area contributed by atoms with Gasteiger partial charge in [0.2, 0.25) is 0 Å². The standard InChI is InChI=1S/C9H14N2O/c1-7-3-5-8(6-4-7)11-9(12)10-2/h3-6,9-12H,1-2H3. The van der Waals surface area contributed by atoms with E-state index in [4.69, 9.17) is 5.11 Å². The van der Waals surface area contributed by atoms with E-state index in [0.29, 0.717) is 0 Å². The smallest absolute Gasteiger partial charge is 0.181 e. The lowest BCUT2D eigenvalue weighted by atomic mass is 10.2. The van der Waals surface area contributed by atoms with Crippen LogP contribution in [-0.2, 0) is 0 Å². The molecule has 0 aliphatic carbocycles. The fraction of sp³-hybridized carbons (Fsp3) is 0.333. The van der Waals surface area contributed by atoms with Crippen molar-refractivity contribution in [3.8, 4) is 0 Å². The lowest BCUT2D eigenvalue weighted by Gasteiger charge is -2.12. The number of anilines is 1. The van der Waals surface area contributed by atoms with Gasteiger partial charge >= 0.3 is 0 Å². The molecule has 1 aromatic carbocycles. The van der Waals surface area contributed by atoms with Crippen molar-refractivity contribution >= 4 is 5.69 Å². The average Bonchev–Trinajstić information content (AvgIpc) is 2.09. The average molecular weight is 166 g/mol. The van der Waals surface area contributed by atoms with Crippen molar-refractivity contribution in [2.45, 2.75) is 13.3 Å². The molecule has 0 saturated carbocycles. The van der Waals surface area contributed by atoms with Gasteiger partial charge in [0.15, 0.2) is 6.35 Å². The summed E-state index contributed by atoms with van der Waals surface area (Å²) in [4.78, 5) is 0. The van der Waals surface area contributed by atoms with Crippen molar-refractivity contribution < 1.29 is 5.11 Å². The van der Waals surface area contributed by atoms with Gasteiger partial charge in [-0.1, -0.05) is 17.7 Å². The molecule has 0 amide bonds. The highest BCUT2D eigenvalue weighted by Gasteiger charge is 1.97. The van der Waals surface area contributed by atoms with E-state index < -0.39 is 6.35 Å². The molecular weight excluding hydrogens is 152 g/mol. The Morgan fingerprint density at radius 3 is 2.33 bits per heavy atom. The second kappa shape index (κ2) is 4.09. The molecule has 0 heterocycles. The third-order valence-corrected chi connectivity index (χ3v) is 1.63. The summed E-state index contributed by atoms with van der Waals surface area (Å²) >= 11 is 0. The minimum atomic E-state index is -0.687. The Balaban J connectivity index is 2.58. The Morgan fingerprint density at radius 1 is 1.25 bits per heavy atom. The van der Waals surface area contributed by atoms with Crippen LogP contribution in [0.2, 0.25) is 0 Å². The SMILES string of the molecule is CNC(O)Nc1ccc(C)cc1. The number of nitrogens with one attached hydrogen (secondary N) is 2. The van der Waals surface area contributed by atoms with E-state index in [2.05, 4.69) is 10.6 Å². The molecule has 0 aromatic heterocycles. The van der Waals surface area contributed by atoms with Gasteiger partial charge < -0.3 is 10.4 Å². The molecule has 3 heteroatoms. The number of aryl methyl sites for hydroxylation is 1. The summed E-state index contributed by atoms with van der Waals surface area (Å²) in [6, 6.07) is 7.83. The van der Waals surface area contributed by atoms with E-state index in [1.165, 1.54) is 5.56 Å². The Morgan fingerprint density at radius 2 is 1.83 bits per heavy atom. The first kappa shape index (κ1) is 9.03. The number of benzene rings is 1. The van der Waals surface area contributed by atoms with Crippen LogP contribution in [0.3, 0.4) is 0 Å². The maximum Gasteiger partial charge on any atom is 0.181 e. The van der Waals surface area contributed by atoms with E-state index in [1.807, 2.05) is 31.2 Å². The first-order chi connectivity index (χ1) is 5.72. The van der Waals surface area contributed by atoms with E-state index in [9.17, 15) is 0 Å². The zero-order valence-corrected chi connectivity index (χ0v) is 7.33. The van der Waals surface area contributed by atoms with Gasteiger partial charge in [0, 0.05) is 5.69 Å². The second-order valence-corrected chi connectivity index (χ2v) is 2.70. The molecule has 0 bridgehead atoms. The van der Waals surface area contributed by atoms with Gasteiger partial charge in [-0.05, 0) is 26.1 Å². The molecule has 0 spiro atoms. The summed E-state index contributed by atoms with van der Waals surface area (Å²) in [5, 5.41) is 14.7. The molecule has 0 radical (unpaired) electrons. The molecule has 1 rings (SSSR count). The van der Waals surface area contributed by atoms with Crippen molar-refractivity contribution in [1.29, 1.82) is 0 Å². The lowest BCUT2D eigenvalue weighted by Crippen LogP contribution is -2.32. The number of hydrogen-bond donors (Lipinski definition) is 3. The third-order valence-electron chi connectivity index (χ3n) is 1.63. The highest BCUT2D eigenvalue weighted by molar-refractivity contribution is 5.44. The molecule has 1 unspecified atom stereocenters. The topological polar surface area (TPSA) is 44.3 Å². The van der Waals surface area contributed by atoms with Crippen LogP contribution in [0.5, 0.6) is 0 Å². The molecule has 66 valence electrons. The normalized spacial score (nSPS) is 12.6. The van der Waals surface area contributed by atoms with Crippen LogP contribution in [0, 0.1) is 6.92 Å². The molecule has 1 atom stereocenters. The van der Waals surface area contributed by atoms with E-state index in [-0.39, 0.29) is 0 Å².